The van der Waals surface area contributed by atoms with E-state index < -0.39 is 5.41 Å². The molecular weight excluding hydrogens is 268 g/mol. The average molecular weight is 298 g/mol. The van der Waals surface area contributed by atoms with Crippen LogP contribution >= 0.6 is 12.2 Å². The van der Waals surface area contributed by atoms with Gasteiger partial charge in [0.2, 0.25) is 5.91 Å². The van der Waals surface area contributed by atoms with Crippen molar-refractivity contribution in [2.45, 2.75) is 73.3 Å². The number of amides is 1. The topological polar surface area (TPSA) is 55.1 Å². The van der Waals surface area contributed by atoms with Gasteiger partial charge in [0.15, 0.2) is 0 Å². The van der Waals surface area contributed by atoms with E-state index in [2.05, 4.69) is 33.0 Å². The van der Waals surface area contributed by atoms with Gasteiger partial charge in [-0.05, 0) is 43.4 Å². The minimum Gasteiger partial charge on any atom is -0.392 e. The van der Waals surface area contributed by atoms with E-state index >= 15 is 0 Å². The van der Waals surface area contributed by atoms with Crippen LogP contribution in [-0.2, 0) is 4.79 Å². The van der Waals surface area contributed by atoms with Crippen molar-refractivity contribution in [3.63, 3.8) is 0 Å². The molecule has 0 spiro atoms. The molecule has 1 atom stereocenters. The van der Waals surface area contributed by atoms with Gasteiger partial charge in [-0.2, -0.15) is 0 Å². The number of hydrogen-bond donors (Lipinski definition) is 2. The average Bonchev–Trinajstić information content (AvgIpc) is 2.22. The fraction of sp³-hybridized carbons (Fsp3) is 0.875. The second-order valence-corrected chi connectivity index (χ2v) is 8.57. The summed E-state index contributed by atoms with van der Waals surface area (Å²) in [5, 5.41) is 3.20. The molecular formula is C16H30N2OS. The van der Waals surface area contributed by atoms with Crippen LogP contribution in [0.2, 0.25) is 0 Å². The van der Waals surface area contributed by atoms with Gasteiger partial charge in [0.1, 0.15) is 0 Å². The molecule has 0 aromatic heterocycles. The Morgan fingerprint density at radius 2 is 1.75 bits per heavy atom. The molecule has 1 unspecified atom stereocenters. The van der Waals surface area contributed by atoms with Crippen LogP contribution in [0.25, 0.3) is 0 Å². The van der Waals surface area contributed by atoms with Crippen LogP contribution in [0.3, 0.4) is 0 Å². The summed E-state index contributed by atoms with van der Waals surface area (Å²) in [6, 6.07) is 0.210. The highest BCUT2D eigenvalue weighted by Crippen LogP contribution is 2.45. The van der Waals surface area contributed by atoms with Crippen LogP contribution in [-0.4, -0.2) is 16.9 Å². The van der Waals surface area contributed by atoms with Crippen molar-refractivity contribution in [2.24, 2.45) is 22.0 Å². The van der Waals surface area contributed by atoms with E-state index in [-0.39, 0.29) is 27.8 Å². The first-order chi connectivity index (χ1) is 8.92. The molecule has 1 rings (SSSR count). The number of hydrogen-bond acceptors (Lipinski definition) is 2. The zero-order valence-electron chi connectivity index (χ0n) is 13.8. The number of thiocarbonyl (C=S) groups is 1. The minimum absolute atomic E-state index is 0.0222. The summed E-state index contributed by atoms with van der Waals surface area (Å²) in [6.45, 7) is 12.9. The zero-order valence-corrected chi connectivity index (χ0v) is 14.6. The minimum atomic E-state index is -0.735. The molecule has 1 amide bonds. The molecule has 0 heterocycles. The maximum Gasteiger partial charge on any atom is 0.232 e. The van der Waals surface area contributed by atoms with Crippen molar-refractivity contribution in [1.82, 2.24) is 5.32 Å². The van der Waals surface area contributed by atoms with E-state index in [4.69, 9.17) is 18.0 Å². The van der Waals surface area contributed by atoms with Crippen LogP contribution in [0, 0.1) is 16.2 Å². The zero-order chi connectivity index (χ0) is 15.8. The number of carbonyl (C=O) groups is 1. The first kappa shape index (κ1) is 17.4. The highest BCUT2D eigenvalue weighted by Gasteiger charge is 2.41. The first-order valence-corrected chi connectivity index (χ1v) is 7.94. The fourth-order valence-corrected chi connectivity index (χ4v) is 3.98. The molecule has 0 aliphatic heterocycles. The molecule has 0 aromatic carbocycles. The van der Waals surface area contributed by atoms with Gasteiger partial charge in [0.25, 0.3) is 0 Å². The molecule has 1 aliphatic rings. The Hall–Kier alpha value is -0.640. The van der Waals surface area contributed by atoms with Crippen molar-refractivity contribution in [3.8, 4) is 0 Å². The van der Waals surface area contributed by atoms with E-state index in [0.717, 1.165) is 12.8 Å². The fourth-order valence-electron chi connectivity index (χ4n) is 3.74. The predicted octanol–water partition coefficient (Wildman–Crippen LogP) is 3.41. The largest absolute Gasteiger partial charge is 0.392 e. The van der Waals surface area contributed by atoms with Gasteiger partial charge in [-0.25, -0.2) is 0 Å². The van der Waals surface area contributed by atoms with Crippen LogP contribution in [0.15, 0.2) is 0 Å². The molecule has 3 N–H and O–H groups in total. The lowest BCUT2D eigenvalue weighted by Crippen LogP contribution is -2.53. The van der Waals surface area contributed by atoms with Crippen LogP contribution in [0.1, 0.15) is 67.2 Å². The lowest BCUT2D eigenvalue weighted by atomic mass is 9.63. The Morgan fingerprint density at radius 1 is 1.30 bits per heavy atom. The molecule has 20 heavy (non-hydrogen) atoms. The number of carbonyl (C=O) groups excluding carboxylic acids is 1. The van der Waals surface area contributed by atoms with Gasteiger partial charge in [0, 0.05) is 6.04 Å². The van der Waals surface area contributed by atoms with E-state index in [9.17, 15) is 4.79 Å². The van der Waals surface area contributed by atoms with Crippen molar-refractivity contribution in [1.29, 1.82) is 0 Å². The third kappa shape index (κ3) is 3.94. The van der Waals surface area contributed by atoms with Gasteiger partial charge in [-0.15, -0.1) is 0 Å². The number of rotatable bonds is 4. The molecule has 116 valence electrons. The molecule has 3 nitrogen and oxygen atoms in total. The molecule has 1 aliphatic carbocycles. The van der Waals surface area contributed by atoms with Crippen LogP contribution < -0.4 is 11.1 Å². The normalized spacial score (nSPS) is 24.7. The Labute approximate surface area is 129 Å². The van der Waals surface area contributed by atoms with Crippen LogP contribution in [0.4, 0.5) is 0 Å². The summed E-state index contributed by atoms with van der Waals surface area (Å²) >= 11 is 5.08. The lowest BCUT2D eigenvalue weighted by molar-refractivity contribution is -0.128. The maximum atomic E-state index is 12.5. The van der Waals surface area contributed by atoms with E-state index in [1.807, 2.05) is 13.8 Å². The second kappa shape index (κ2) is 5.63. The Kier molecular flexibility index (Phi) is 4.90. The van der Waals surface area contributed by atoms with E-state index in [0.29, 0.717) is 6.42 Å². The summed E-state index contributed by atoms with van der Waals surface area (Å²) < 4.78 is 0. The van der Waals surface area contributed by atoms with Gasteiger partial charge >= 0.3 is 0 Å². The summed E-state index contributed by atoms with van der Waals surface area (Å²) in [5.74, 6) is -0.0222. The second-order valence-electron chi connectivity index (χ2n) is 8.13. The maximum absolute atomic E-state index is 12.5. The third-order valence-corrected chi connectivity index (χ3v) is 5.09. The molecule has 1 saturated carbocycles. The first-order valence-electron chi connectivity index (χ1n) is 7.53. The molecule has 0 radical (unpaired) electrons. The molecule has 0 aromatic rings. The van der Waals surface area contributed by atoms with E-state index in [1.54, 1.807) is 0 Å². The van der Waals surface area contributed by atoms with Gasteiger partial charge < -0.3 is 11.1 Å². The lowest BCUT2D eigenvalue weighted by Gasteiger charge is -2.45. The summed E-state index contributed by atoms with van der Waals surface area (Å²) in [6.07, 6.45) is 3.85. The molecule has 0 saturated heterocycles. The quantitative estimate of drug-likeness (QED) is 0.782. The Bertz CT molecular complexity index is 387. The Morgan fingerprint density at radius 3 is 2.10 bits per heavy atom. The standard InChI is InChI=1S/C16H30N2OS/c1-7-16(6,12(17)20)13(19)18-11-8-14(2,3)10-15(4,5)9-11/h11H,7-10H2,1-6H3,(H2,17,20)(H,18,19). The van der Waals surface area contributed by atoms with Gasteiger partial charge in [-0.1, -0.05) is 46.8 Å². The monoisotopic (exact) mass is 298 g/mol. The predicted molar refractivity (Wildman–Crippen MR) is 88.5 cm³/mol. The van der Waals surface area contributed by atoms with Crippen LogP contribution in [0.5, 0.6) is 0 Å². The summed E-state index contributed by atoms with van der Waals surface area (Å²) in [4.78, 5) is 12.8. The summed E-state index contributed by atoms with van der Waals surface area (Å²) in [7, 11) is 0. The van der Waals surface area contributed by atoms with Crippen molar-refractivity contribution < 1.29 is 4.79 Å². The molecule has 0 bridgehead atoms. The highest BCUT2D eigenvalue weighted by atomic mass is 32.1. The van der Waals surface area contributed by atoms with Crippen molar-refractivity contribution in [2.75, 3.05) is 0 Å². The SMILES string of the molecule is CCC(C)(C(=O)NC1CC(C)(C)CC(C)(C)C1)C(N)=S. The molecule has 1 fully saturated rings. The number of nitrogens with one attached hydrogen (secondary N) is 1. The number of nitrogens with two attached hydrogens (primary N) is 1. The van der Waals surface area contributed by atoms with Crippen molar-refractivity contribution >= 4 is 23.1 Å². The van der Waals surface area contributed by atoms with Gasteiger partial charge in [0.05, 0.1) is 10.4 Å². The Balaban J connectivity index is 2.82. The van der Waals surface area contributed by atoms with E-state index in [1.165, 1.54) is 6.42 Å². The highest BCUT2D eigenvalue weighted by molar-refractivity contribution is 7.80. The smallest absolute Gasteiger partial charge is 0.232 e. The molecule has 4 heteroatoms. The van der Waals surface area contributed by atoms with Crippen molar-refractivity contribution in [3.05, 3.63) is 0 Å². The third-order valence-electron chi connectivity index (χ3n) is 4.64. The van der Waals surface area contributed by atoms with Gasteiger partial charge in [-0.3, -0.25) is 4.79 Å². The summed E-state index contributed by atoms with van der Waals surface area (Å²) in [5.41, 5.74) is 5.54.